The van der Waals surface area contributed by atoms with Gasteiger partial charge in [0.05, 0.1) is 16.5 Å². The summed E-state index contributed by atoms with van der Waals surface area (Å²) in [6.07, 6.45) is 6.32. The highest BCUT2D eigenvalue weighted by Crippen LogP contribution is 2.36. The first-order valence-corrected chi connectivity index (χ1v) is 10.7. The minimum Gasteiger partial charge on any atom is -0.478 e. The topological polar surface area (TPSA) is 42.7 Å². The molecule has 0 N–H and O–H groups in total. The number of hydrogen-bond donors (Lipinski definition) is 0. The Morgan fingerprint density at radius 3 is 2.55 bits per heavy atom. The number of aryl methyl sites for hydroxylation is 1. The third kappa shape index (κ3) is 3.34. The number of halogens is 1. The summed E-state index contributed by atoms with van der Waals surface area (Å²) in [6, 6.07) is 11.6. The van der Waals surface area contributed by atoms with Crippen LogP contribution in [0.25, 0.3) is 22.1 Å². The molecule has 1 saturated carbocycles. The van der Waals surface area contributed by atoms with E-state index in [1.165, 1.54) is 32.1 Å². The fraction of sp³-hybridized carbons (Fsp3) is 0.375. The summed E-state index contributed by atoms with van der Waals surface area (Å²) >= 11 is 6.01. The van der Waals surface area contributed by atoms with Crippen molar-refractivity contribution in [2.45, 2.75) is 51.6 Å². The Balaban J connectivity index is 1.60. The molecule has 1 aliphatic carbocycles. The largest absolute Gasteiger partial charge is 0.478 e. The van der Waals surface area contributed by atoms with Crippen LogP contribution in [0.3, 0.4) is 0 Å². The van der Waals surface area contributed by atoms with Gasteiger partial charge in [0.15, 0.2) is 0 Å². The molecule has 150 valence electrons. The average Bonchev–Trinajstić information content (AvgIpc) is 2.75. The Morgan fingerprint density at radius 1 is 1.03 bits per heavy atom. The van der Waals surface area contributed by atoms with Crippen LogP contribution in [-0.2, 0) is 6.54 Å². The summed E-state index contributed by atoms with van der Waals surface area (Å²) in [4.78, 5) is 15.7. The van der Waals surface area contributed by atoms with Gasteiger partial charge in [-0.05, 0) is 49.6 Å². The summed E-state index contributed by atoms with van der Waals surface area (Å²) in [5, 5.41) is 1.25. The van der Waals surface area contributed by atoms with Crippen molar-refractivity contribution in [3.05, 3.63) is 63.0 Å². The van der Waals surface area contributed by atoms with E-state index in [0.717, 1.165) is 23.4 Å². The molecule has 1 fully saturated rings. The lowest BCUT2D eigenvalue weighted by atomic mass is 9.93. The first-order chi connectivity index (χ1) is 14.1. The van der Waals surface area contributed by atoms with Crippen molar-refractivity contribution in [3.8, 4) is 16.9 Å². The van der Waals surface area contributed by atoms with E-state index in [2.05, 4.69) is 4.90 Å². The van der Waals surface area contributed by atoms with Crippen LogP contribution in [0.4, 0.5) is 0 Å². The molecule has 0 unspecified atom stereocenters. The molecule has 0 amide bonds. The average molecular weight is 410 g/mol. The van der Waals surface area contributed by atoms with E-state index in [9.17, 15) is 4.79 Å². The van der Waals surface area contributed by atoms with Crippen molar-refractivity contribution in [2.75, 3.05) is 6.73 Å². The van der Waals surface area contributed by atoms with Gasteiger partial charge in [-0.1, -0.05) is 43.0 Å². The van der Waals surface area contributed by atoms with Gasteiger partial charge in [-0.15, -0.1) is 0 Å². The van der Waals surface area contributed by atoms with Crippen LogP contribution in [0.15, 0.2) is 45.6 Å². The van der Waals surface area contributed by atoms with Crippen LogP contribution in [0.5, 0.6) is 5.75 Å². The first-order valence-electron chi connectivity index (χ1n) is 10.3. The second-order valence-electron chi connectivity index (χ2n) is 8.10. The third-order valence-electron chi connectivity index (χ3n) is 6.27. The molecule has 1 aliphatic heterocycles. The monoisotopic (exact) mass is 409 g/mol. The number of nitrogens with zero attached hydrogens (tertiary/aromatic N) is 1. The van der Waals surface area contributed by atoms with Crippen molar-refractivity contribution in [1.82, 2.24) is 4.90 Å². The van der Waals surface area contributed by atoms with E-state index in [-0.39, 0.29) is 5.43 Å². The summed E-state index contributed by atoms with van der Waals surface area (Å²) in [7, 11) is 0. The Labute approximate surface area is 175 Å². The fourth-order valence-corrected chi connectivity index (χ4v) is 4.85. The van der Waals surface area contributed by atoms with Gasteiger partial charge in [0, 0.05) is 17.6 Å². The van der Waals surface area contributed by atoms with E-state index in [4.69, 9.17) is 20.8 Å². The van der Waals surface area contributed by atoms with Gasteiger partial charge in [-0.3, -0.25) is 9.69 Å². The molecule has 2 aliphatic rings. The van der Waals surface area contributed by atoms with Gasteiger partial charge in [-0.2, -0.15) is 0 Å². The summed E-state index contributed by atoms with van der Waals surface area (Å²) < 4.78 is 12.3. The maximum Gasteiger partial charge on any atom is 0.200 e. The summed E-state index contributed by atoms with van der Waals surface area (Å²) in [5.74, 6) is 1.44. The van der Waals surface area contributed by atoms with Crippen LogP contribution < -0.4 is 10.2 Å². The van der Waals surface area contributed by atoms with Gasteiger partial charge in [0.2, 0.25) is 5.43 Å². The number of ether oxygens (including phenoxy) is 1. The highest BCUT2D eigenvalue weighted by Gasteiger charge is 2.28. The molecule has 0 bridgehead atoms. The van der Waals surface area contributed by atoms with E-state index >= 15 is 0 Å². The maximum atomic E-state index is 13.4. The van der Waals surface area contributed by atoms with Crippen molar-refractivity contribution in [3.63, 3.8) is 0 Å². The molecule has 29 heavy (non-hydrogen) atoms. The lowest BCUT2D eigenvalue weighted by Crippen LogP contribution is -2.41. The minimum absolute atomic E-state index is 0.0105. The minimum atomic E-state index is -0.0105. The molecule has 0 saturated heterocycles. The molecular weight excluding hydrogens is 386 g/mol. The molecule has 4 nitrogen and oxygen atoms in total. The van der Waals surface area contributed by atoms with Crippen LogP contribution in [0, 0.1) is 6.92 Å². The Kier molecular flexibility index (Phi) is 4.84. The third-order valence-corrected chi connectivity index (χ3v) is 6.52. The number of rotatable bonds is 2. The zero-order valence-corrected chi connectivity index (χ0v) is 17.3. The van der Waals surface area contributed by atoms with Crippen molar-refractivity contribution in [2.24, 2.45) is 0 Å². The quantitative estimate of drug-likeness (QED) is 0.528. The predicted octanol–water partition coefficient (Wildman–Crippen LogP) is 5.91. The van der Waals surface area contributed by atoms with Crippen LogP contribution in [0.2, 0.25) is 5.02 Å². The first kappa shape index (κ1) is 18.7. The second kappa shape index (κ2) is 7.51. The van der Waals surface area contributed by atoms with Crippen LogP contribution >= 0.6 is 11.6 Å². The number of benzene rings is 2. The van der Waals surface area contributed by atoms with Gasteiger partial charge < -0.3 is 9.15 Å². The van der Waals surface area contributed by atoms with E-state index < -0.39 is 0 Å². The Hall–Kier alpha value is -2.30. The van der Waals surface area contributed by atoms with E-state index in [1.807, 2.05) is 31.2 Å². The normalized spacial score (nSPS) is 17.9. The Morgan fingerprint density at radius 2 is 1.79 bits per heavy atom. The number of fused-ring (bicyclic) bond motifs is 3. The van der Waals surface area contributed by atoms with Crippen LogP contribution in [0.1, 0.15) is 43.4 Å². The lowest BCUT2D eigenvalue weighted by molar-refractivity contribution is 0.0406. The molecule has 0 atom stereocenters. The van der Waals surface area contributed by atoms with Gasteiger partial charge >= 0.3 is 0 Å². The van der Waals surface area contributed by atoms with Crippen molar-refractivity contribution >= 4 is 22.6 Å². The van der Waals surface area contributed by atoms with Gasteiger partial charge in [0.1, 0.15) is 23.8 Å². The fourth-order valence-electron chi connectivity index (χ4n) is 4.72. The standard InChI is InChI=1S/C24H24ClNO3/c1-15-22(16-7-9-17(25)10-8-16)23(27)19-11-12-21-20(24(19)29-15)13-26(14-28-21)18-5-3-2-4-6-18/h7-12,18H,2-6,13-14H2,1H3. The zero-order chi connectivity index (χ0) is 20.0. The van der Waals surface area contributed by atoms with E-state index in [0.29, 0.717) is 40.1 Å². The molecule has 0 spiro atoms. The summed E-state index contributed by atoms with van der Waals surface area (Å²) in [6.45, 7) is 3.22. The lowest BCUT2D eigenvalue weighted by Gasteiger charge is -2.37. The molecule has 5 heteroatoms. The summed E-state index contributed by atoms with van der Waals surface area (Å²) in [5.41, 5.74) is 3.05. The molecule has 2 aromatic carbocycles. The van der Waals surface area contributed by atoms with Crippen LogP contribution in [-0.4, -0.2) is 17.7 Å². The van der Waals surface area contributed by atoms with Crippen molar-refractivity contribution in [1.29, 1.82) is 0 Å². The molecule has 2 heterocycles. The van der Waals surface area contributed by atoms with Crippen molar-refractivity contribution < 1.29 is 9.15 Å². The SMILES string of the molecule is Cc1oc2c3c(ccc2c(=O)c1-c1ccc(Cl)cc1)OCN(C1CCCCC1)C3. The zero-order valence-electron chi connectivity index (χ0n) is 16.5. The van der Waals surface area contributed by atoms with Gasteiger partial charge in [0.25, 0.3) is 0 Å². The highest BCUT2D eigenvalue weighted by atomic mass is 35.5. The maximum absolute atomic E-state index is 13.4. The second-order valence-corrected chi connectivity index (χ2v) is 8.54. The molecule has 0 radical (unpaired) electrons. The molecule has 3 aromatic rings. The van der Waals surface area contributed by atoms with Gasteiger partial charge in [-0.25, -0.2) is 0 Å². The predicted molar refractivity (Wildman–Crippen MR) is 116 cm³/mol. The molecule has 1 aromatic heterocycles. The number of hydrogen-bond acceptors (Lipinski definition) is 4. The van der Waals surface area contributed by atoms with E-state index in [1.54, 1.807) is 12.1 Å². The Bertz CT molecular complexity index is 1110. The smallest absolute Gasteiger partial charge is 0.200 e. The molecule has 5 rings (SSSR count). The highest BCUT2D eigenvalue weighted by molar-refractivity contribution is 6.30. The molecular formula is C24H24ClNO3.